The van der Waals surface area contributed by atoms with E-state index < -0.39 is 5.82 Å². The van der Waals surface area contributed by atoms with Crippen molar-refractivity contribution in [1.29, 1.82) is 0 Å². The summed E-state index contributed by atoms with van der Waals surface area (Å²) in [5, 5.41) is 6.12. The van der Waals surface area contributed by atoms with Gasteiger partial charge in [0.05, 0.1) is 12.0 Å². The molecule has 0 saturated carbocycles. The van der Waals surface area contributed by atoms with Gasteiger partial charge >= 0.3 is 0 Å². The number of benzene rings is 2. The summed E-state index contributed by atoms with van der Waals surface area (Å²) in [5.41, 5.74) is 3.97. The molecular weight excluding hydrogens is 367 g/mol. The van der Waals surface area contributed by atoms with E-state index >= 15 is 0 Å². The fourth-order valence-electron chi connectivity index (χ4n) is 2.80. The van der Waals surface area contributed by atoms with E-state index in [0.717, 1.165) is 41.1 Å². The number of ether oxygens (including phenoxy) is 1. The zero-order valence-corrected chi connectivity index (χ0v) is 17.1. The van der Waals surface area contributed by atoms with Crippen molar-refractivity contribution in [1.82, 2.24) is 9.97 Å². The smallest absolute Gasteiger partial charge is 0.229 e. The Morgan fingerprint density at radius 3 is 2.48 bits per heavy atom. The summed E-state index contributed by atoms with van der Waals surface area (Å²) in [7, 11) is 0. The molecule has 0 fully saturated rings. The van der Waals surface area contributed by atoms with Crippen LogP contribution in [0.4, 0.5) is 27.5 Å². The number of halogens is 1. The van der Waals surface area contributed by atoms with Crippen molar-refractivity contribution in [2.24, 2.45) is 0 Å². The number of rotatable bonds is 7. The van der Waals surface area contributed by atoms with Gasteiger partial charge in [-0.05, 0) is 80.8 Å². The van der Waals surface area contributed by atoms with Gasteiger partial charge in [0, 0.05) is 11.4 Å². The maximum atomic E-state index is 14.2. The molecule has 0 aliphatic heterocycles. The SMILES string of the molecule is CC=C(C)Oc1ccc(Nc2ncc(F)c(Nc3ccc(CC)c(C)c3)n2)cc1. The average molecular weight is 392 g/mol. The van der Waals surface area contributed by atoms with Gasteiger partial charge in [-0.1, -0.05) is 13.0 Å². The molecule has 0 bridgehead atoms. The van der Waals surface area contributed by atoms with E-state index in [2.05, 4.69) is 27.5 Å². The molecule has 5 nitrogen and oxygen atoms in total. The third-order valence-electron chi connectivity index (χ3n) is 4.53. The second-order valence-electron chi connectivity index (χ2n) is 6.66. The van der Waals surface area contributed by atoms with Crippen molar-refractivity contribution in [3.63, 3.8) is 0 Å². The molecule has 0 amide bonds. The molecule has 29 heavy (non-hydrogen) atoms. The maximum absolute atomic E-state index is 14.2. The molecule has 150 valence electrons. The summed E-state index contributed by atoms with van der Waals surface area (Å²) in [6, 6.07) is 13.3. The molecule has 2 N–H and O–H groups in total. The van der Waals surface area contributed by atoms with Crippen molar-refractivity contribution in [3.8, 4) is 5.75 Å². The van der Waals surface area contributed by atoms with Gasteiger partial charge in [-0.15, -0.1) is 0 Å². The molecule has 1 aromatic heterocycles. The first-order chi connectivity index (χ1) is 14.0. The van der Waals surface area contributed by atoms with Crippen LogP contribution in [-0.4, -0.2) is 9.97 Å². The Balaban J connectivity index is 1.74. The second-order valence-corrected chi connectivity index (χ2v) is 6.66. The summed E-state index contributed by atoms with van der Waals surface area (Å²) in [4.78, 5) is 8.30. The van der Waals surface area contributed by atoms with Crippen molar-refractivity contribution in [2.45, 2.75) is 34.1 Å². The highest BCUT2D eigenvalue weighted by atomic mass is 19.1. The molecule has 3 rings (SSSR count). The van der Waals surface area contributed by atoms with Gasteiger partial charge < -0.3 is 15.4 Å². The van der Waals surface area contributed by atoms with Crippen molar-refractivity contribution in [2.75, 3.05) is 10.6 Å². The predicted octanol–water partition coefficient (Wildman–Crippen LogP) is 6.28. The van der Waals surface area contributed by atoms with Crippen LogP contribution in [0.5, 0.6) is 5.75 Å². The van der Waals surface area contributed by atoms with Gasteiger partial charge in [-0.3, -0.25) is 0 Å². The molecular formula is C23H25FN4O. The average Bonchev–Trinajstić information content (AvgIpc) is 2.72. The van der Waals surface area contributed by atoms with Gasteiger partial charge in [0.2, 0.25) is 5.95 Å². The largest absolute Gasteiger partial charge is 0.462 e. The summed E-state index contributed by atoms with van der Waals surface area (Å²) >= 11 is 0. The van der Waals surface area contributed by atoms with E-state index in [0.29, 0.717) is 5.95 Å². The molecule has 2 aromatic carbocycles. The lowest BCUT2D eigenvalue weighted by Gasteiger charge is -2.12. The van der Waals surface area contributed by atoms with Crippen LogP contribution in [0.25, 0.3) is 0 Å². The quantitative estimate of drug-likeness (QED) is 0.464. The van der Waals surface area contributed by atoms with Crippen molar-refractivity contribution >= 4 is 23.1 Å². The van der Waals surface area contributed by atoms with Crippen LogP contribution in [-0.2, 0) is 6.42 Å². The lowest BCUT2D eigenvalue weighted by Crippen LogP contribution is -2.03. The molecule has 3 aromatic rings. The van der Waals surface area contributed by atoms with E-state index in [4.69, 9.17) is 4.74 Å². The maximum Gasteiger partial charge on any atom is 0.229 e. The third kappa shape index (κ3) is 5.31. The van der Waals surface area contributed by atoms with E-state index in [1.807, 2.05) is 69.3 Å². The minimum atomic E-state index is -0.515. The fraction of sp³-hybridized carbons (Fsp3) is 0.217. The van der Waals surface area contributed by atoms with Gasteiger partial charge in [0.25, 0.3) is 0 Å². The lowest BCUT2D eigenvalue weighted by molar-refractivity contribution is 0.427. The molecule has 1 heterocycles. The standard InChI is InChI=1S/C23H25FN4O/c1-5-16(4)29-20-11-9-18(10-12-20)27-23-25-14-21(24)22(28-23)26-19-8-7-17(6-2)15(3)13-19/h5,7-14H,6H2,1-4H3,(H2,25,26,27,28). The first-order valence-electron chi connectivity index (χ1n) is 9.55. The molecule has 0 unspecified atom stereocenters. The number of aryl methyl sites for hydroxylation is 2. The molecule has 0 radical (unpaired) electrons. The minimum Gasteiger partial charge on any atom is -0.462 e. The lowest BCUT2D eigenvalue weighted by atomic mass is 10.1. The zero-order chi connectivity index (χ0) is 20.8. The Bertz CT molecular complexity index is 1020. The van der Waals surface area contributed by atoms with Crippen LogP contribution in [0.1, 0.15) is 31.9 Å². The van der Waals surface area contributed by atoms with Crippen LogP contribution in [0.3, 0.4) is 0 Å². The summed E-state index contributed by atoms with van der Waals surface area (Å²) in [6.45, 7) is 7.96. The van der Waals surface area contributed by atoms with Crippen molar-refractivity contribution in [3.05, 3.63) is 77.4 Å². The predicted molar refractivity (Wildman–Crippen MR) is 116 cm³/mol. The molecule has 0 saturated heterocycles. The van der Waals surface area contributed by atoms with Crippen molar-refractivity contribution < 1.29 is 9.13 Å². The molecule has 0 atom stereocenters. The second kappa shape index (κ2) is 9.19. The molecule has 6 heteroatoms. The number of allylic oxidation sites excluding steroid dienone is 2. The van der Waals surface area contributed by atoms with Crippen LogP contribution < -0.4 is 15.4 Å². The molecule has 0 spiro atoms. The van der Waals surface area contributed by atoms with Crippen LogP contribution in [0.15, 0.2) is 60.5 Å². The van der Waals surface area contributed by atoms with Crippen LogP contribution in [0.2, 0.25) is 0 Å². The van der Waals surface area contributed by atoms with E-state index in [9.17, 15) is 4.39 Å². The third-order valence-corrected chi connectivity index (χ3v) is 4.53. The highest BCUT2D eigenvalue weighted by molar-refractivity contribution is 5.61. The highest BCUT2D eigenvalue weighted by Crippen LogP contribution is 2.24. The van der Waals surface area contributed by atoms with Gasteiger partial charge in [-0.2, -0.15) is 4.98 Å². The monoisotopic (exact) mass is 392 g/mol. The summed E-state index contributed by atoms with van der Waals surface area (Å²) < 4.78 is 19.8. The van der Waals surface area contributed by atoms with E-state index in [-0.39, 0.29) is 5.82 Å². The summed E-state index contributed by atoms with van der Waals surface area (Å²) in [5.74, 6) is 1.46. The first kappa shape index (κ1) is 20.3. The number of aromatic nitrogens is 2. The van der Waals surface area contributed by atoms with E-state index in [1.54, 1.807) is 0 Å². The Hall–Kier alpha value is -3.41. The number of nitrogens with one attached hydrogen (secondary N) is 2. The van der Waals surface area contributed by atoms with Gasteiger partial charge in [0.1, 0.15) is 5.75 Å². The number of anilines is 4. The highest BCUT2D eigenvalue weighted by Gasteiger charge is 2.09. The minimum absolute atomic E-state index is 0.120. The summed E-state index contributed by atoms with van der Waals surface area (Å²) in [6.07, 6.45) is 4.00. The van der Waals surface area contributed by atoms with E-state index in [1.165, 1.54) is 5.56 Å². The molecule has 0 aliphatic rings. The normalized spacial score (nSPS) is 11.3. The first-order valence-corrected chi connectivity index (χ1v) is 9.55. The topological polar surface area (TPSA) is 59.1 Å². The van der Waals surface area contributed by atoms with Crippen LogP contribution in [0, 0.1) is 12.7 Å². The number of hydrogen-bond acceptors (Lipinski definition) is 5. The Labute approximate surface area is 170 Å². The Morgan fingerprint density at radius 2 is 1.83 bits per heavy atom. The van der Waals surface area contributed by atoms with Gasteiger partial charge in [-0.25, -0.2) is 9.37 Å². The Kier molecular flexibility index (Phi) is 6.44. The number of nitrogens with zero attached hydrogens (tertiary/aromatic N) is 2. The Morgan fingerprint density at radius 1 is 1.10 bits per heavy atom. The fourth-order valence-corrected chi connectivity index (χ4v) is 2.80. The molecule has 0 aliphatic carbocycles. The van der Waals surface area contributed by atoms with Gasteiger partial charge in [0.15, 0.2) is 11.6 Å². The zero-order valence-electron chi connectivity index (χ0n) is 17.1. The number of hydrogen-bond donors (Lipinski definition) is 2. The van der Waals surface area contributed by atoms with Crippen LogP contribution >= 0.6 is 0 Å².